The summed E-state index contributed by atoms with van der Waals surface area (Å²) >= 11 is 1.52. The summed E-state index contributed by atoms with van der Waals surface area (Å²) in [5.74, 6) is 1.93. The molecule has 168 valence electrons. The molecule has 0 saturated heterocycles. The van der Waals surface area contributed by atoms with Crippen LogP contribution in [0.3, 0.4) is 0 Å². The first-order valence-corrected chi connectivity index (χ1v) is 11.6. The van der Waals surface area contributed by atoms with E-state index in [9.17, 15) is 10.1 Å². The molecular formula is C25H29N3O3S. The van der Waals surface area contributed by atoms with Gasteiger partial charge >= 0.3 is 0 Å². The molecular weight excluding hydrogens is 422 g/mol. The Morgan fingerprint density at radius 3 is 1.88 bits per heavy atom. The molecule has 0 aromatic heterocycles. The lowest BCUT2D eigenvalue weighted by molar-refractivity contribution is -0.122. The number of rotatable bonds is 10. The average Bonchev–Trinajstić information content (AvgIpc) is 3.13. The molecule has 32 heavy (non-hydrogen) atoms. The summed E-state index contributed by atoms with van der Waals surface area (Å²) in [6.07, 6.45) is 0. The van der Waals surface area contributed by atoms with E-state index in [1.54, 1.807) is 14.2 Å². The van der Waals surface area contributed by atoms with Crippen molar-refractivity contribution in [3.05, 3.63) is 70.3 Å². The van der Waals surface area contributed by atoms with E-state index in [0.717, 1.165) is 36.5 Å². The van der Waals surface area contributed by atoms with Crippen LogP contribution in [0.2, 0.25) is 0 Å². The Balaban J connectivity index is 2.10. The van der Waals surface area contributed by atoms with E-state index in [1.165, 1.54) is 11.8 Å². The van der Waals surface area contributed by atoms with E-state index in [2.05, 4.69) is 30.1 Å². The number of nitriles is 1. The van der Waals surface area contributed by atoms with Gasteiger partial charge in [0.05, 0.1) is 30.9 Å². The molecule has 2 aromatic carbocycles. The van der Waals surface area contributed by atoms with E-state index in [1.807, 2.05) is 48.5 Å². The third-order valence-electron chi connectivity index (χ3n) is 5.88. The Labute approximate surface area is 194 Å². The maximum atomic E-state index is 13.6. The minimum absolute atomic E-state index is 0.227. The van der Waals surface area contributed by atoms with E-state index in [-0.39, 0.29) is 5.91 Å². The number of thioether (sulfide) groups is 1. The molecule has 0 aliphatic carbocycles. The number of carbonyl (C=O) groups is 1. The van der Waals surface area contributed by atoms with Gasteiger partial charge in [0, 0.05) is 12.3 Å². The van der Waals surface area contributed by atoms with Crippen molar-refractivity contribution in [3.8, 4) is 17.6 Å². The van der Waals surface area contributed by atoms with E-state index in [0.29, 0.717) is 22.1 Å². The average molecular weight is 452 g/mol. The lowest BCUT2D eigenvalue weighted by Gasteiger charge is -2.28. The molecule has 1 aliphatic rings. The van der Waals surface area contributed by atoms with Crippen molar-refractivity contribution in [1.82, 2.24) is 10.2 Å². The highest BCUT2D eigenvalue weighted by Gasteiger charge is 2.52. The monoisotopic (exact) mass is 451 g/mol. The van der Waals surface area contributed by atoms with Gasteiger partial charge in [0.25, 0.3) is 0 Å². The molecule has 1 N–H and O–H groups in total. The molecule has 2 aromatic rings. The minimum Gasteiger partial charge on any atom is -0.497 e. The van der Waals surface area contributed by atoms with Crippen LogP contribution in [0.4, 0.5) is 0 Å². The summed E-state index contributed by atoms with van der Waals surface area (Å²) < 4.78 is 10.6. The number of methoxy groups -OCH3 is 2. The Bertz CT molecular complexity index is 959. The van der Waals surface area contributed by atoms with E-state index in [4.69, 9.17) is 9.47 Å². The molecule has 0 atom stereocenters. The van der Waals surface area contributed by atoms with Crippen molar-refractivity contribution >= 4 is 17.7 Å². The number of nitrogens with one attached hydrogen (secondary N) is 1. The van der Waals surface area contributed by atoms with Gasteiger partial charge in [-0.1, -0.05) is 38.1 Å². The van der Waals surface area contributed by atoms with Gasteiger partial charge in [-0.25, -0.2) is 0 Å². The minimum atomic E-state index is -1.23. The Hall–Kier alpha value is -2.95. The molecule has 0 spiro atoms. The van der Waals surface area contributed by atoms with Crippen LogP contribution in [0.15, 0.2) is 59.1 Å². The van der Waals surface area contributed by atoms with E-state index < -0.39 is 5.41 Å². The number of nitrogens with zero attached hydrogens (tertiary/aromatic N) is 2. The van der Waals surface area contributed by atoms with Gasteiger partial charge < -0.3 is 19.7 Å². The second kappa shape index (κ2) is 10.6. The predicted molar refractivity (Wildman–Crippen MR) is 128 cm³/mol. The van der Waals surface area contributed by atoms with Crippen LogP contribution < -0.4 is 14.8 Å². The molecule has 0 bridgehead atoms. The molecule has 1 amide bonds. The fourth-order valence-corrected chi connectivity index (χ4v) is 5.06. The number of benzene rings is 2. The predicted octanol–water partition coefficient (Wildman–Crippen LogP) is 3.93. The van der Waals surface area contributed by atoms with Crippen molar-refractivity contribution in [2.75, 3.05) is 39.6 Å². The van der Waals surface area contributed by atoms with Gasteiger partial charge in [-0.05, 0) is 48.5 Å². The standard InChI is InChI=1S/C25H29N3O3S/c1-5-28(6-2)15-16-32-23-22(17-26)25(24(29)27-23,18-7-11-20(30-3)12-8-18)19-9-13-21(31-4)14-10-19/h7-14H,5-6,15-16H2,1-4H3,(H,27,29). The van der Waals surface area contributed by atoms with Crippen LogP contribution in [-0.2, 0) is 10.2 Å². The molecule has 7 heteroatoms. The third-order valence-corrected chi connectivity index (χ3v) is 6.86. The zero-order valence-corrected chi connectivity index (χ0v) is 19.8. The van der Waals surface area contributed by atoms with Gasteiger partial charge in [-0.3, -0.25) is 4.79 Å². The number of hydrogen-bond acceptors (Lipinski definition) is 6. The Morgan fingerprint density at radius 2 is 1.47 bits per heavy atom. The topological polar surface area (TPSA) is 74.6 Å². The lowest BCUT2D eigenvalue weighted by Crippen LogP contribution is -2.39. The van der Waals surface area contributed by atoms with Crippen LogP contribution in [0, 0.1) is 11.3 Å². The van der Waals surface area contributed by atoms with E-state index >= 15 is 0 Å². The van der Waals surface area contributed by atoms with Crippen molar-refractivity contribution in [3.63, 3.8) is 0 Å². The molecule has 0 radical (unpaired) electrons. The van der Waals surface area contributed by atoms with Crippen molar-refractivity contribution in [2.24, 2.45) is 0 Å². The van der Waals surface area contributed by atoms with Crippen molar-refractivity contribution in [1.29, 1.82) is 5.26 Å². The zero-order chi connectivity index (χ0) is 23.1. The number of hydrogen-bond donors (Lipinski definition) is 1. The van der Waals surface area contributed by atoms with Crippen LogP contribution in [0.25, 0.3) is 0 Å². The number of ether oxygens (including phenoxy) is 2. The van der Waals surface area contributed by atoms with Gasteiger partial charge in [0.15, 0.2) is 0 Å². The largest absolute Gasteiger partial charge is 0.497 e. The smallest absolute Gasteiger partial charge is 0.245 e. The Morgan fingerprint density at radius 1 is 0.969 bits per heavy atom. The molecule has 6 nitrogen and oxygen atoms in total. The summed E-state index contributed by atoms with van der Waals surface area (Å²) in [4.78, 5) is 15.9. The molecule has 1 aliphatic heterocycles. The van der Waals surface area contributed by atoms with Gasteiger partial charge in [0.2, 0.25) is 5.91 Å². The molecule has 0 saturated carbocycles. The maximum absolute atomic E-state index is 13.6. The molecule has 1 heterocycles. The first-order chi connectivity index (χ1) is 15.5. The van der Waals surface area contributed by atoms with Gasteiger partial charge in [0.1, 0.15) is 16.9 Å². The SMILES string of the molecule is CCN(CC)CCSC1=C(C#N)C(c2ccc(OC)cc2)(c2ccc(OC)cc2)C(=O)N1. The summed E-state index contributed by atoms with van der Waals surface area (Å²) in [5, 5.41) is 13.9. The van der Waals surface area contributed by atoms with Crippen LogP contribution in [0.5, 0.6) is 11.5 Å². The van der Waals surface area contributed by atoms with Crippen molar-refractivity contribution in [2.45, 2.75) is 19.3 Å². The maximum Gasteiger partial charge on any atom is 0.245 e. The molecule has 0 fully saturated rings. The molecule has 0 unspecified atom stereocenters. The lowest BCUT2D eigenvalue weighted by atomic mass is 9.70. The van der Waals surface area contributed by atoms with Crippen molar-refractivity contribution < 1.29 is 14.3 Å². The third kappa shape index (κ3) is 4.34. The zero-order valence-electron chi connectivity index (χ0n) is 19.0. The first kappa shape index (κ1) is 23.7. The highest BCUT2D eigenvalue weighted by atomic mass is 32.2. The number of carbonyl (C=O) groups excluding carboxylic acids is 1. The summed E-state index contributed by atoms with van der Waals surface area (Å²) in [6, 6.07) is 17.0. The second-order valence-electron chi connectivity index (χ2n) is 7.35. The van der Waals surface area contributed by atoms with Crippen LogP contribution in [-0.4, -0.2) is 50.4 Å². The van der Waals surface area contributed by atoms with Gasteiger partial charge in [-0.2, -0.15) is 5.26 Å². The van der Waals surface area contributed by atoms with Gasteiger partial charge in [-0.15, -0.1) is 11.8 Å². The highest BCUT2D eigenvalue weighted by Crippen LogP contribution is 2.46. The summed E-state index contributed by atoms with van der Waals surface area (Å²) in [6.45, 7) is 7.08. The Kier molecular flexibility index (Phi) is 7.84. The van der Waals surface area contributed by atoms with Crippen LogP contribution >= 0.6 is 11.8 Å². The van der Waals surface area contributed by atoms with Crippen LogP contribution in [0.1, 0.15) is 25.0 Å². The normalized spacial score (nSPS) is 14.9. The first-order valence-electron chi connectivity index (χ1n) is 10.7. The highest BCUT2D eigenvalue weighted by molar-refractivity contribution is 8.03. The fraction of sp³-hybridized carbons (Fsp3) is 0.360. The summed E-state index contributed by atoms with van der Waals surface area (Å²) in [5.41, 5.74) is 0.626. The fourth-order valence-electron chi connectivity index (χ4n) is 4.00. The molecule has 3 rings (SSSR count). The second-order valence-corrected chi connectivity index (χ2v) is 8.46. The number of amides is 1. The summed E-state index contributed by atoms with van der Waals surface area (Å²) in [7, 11) is 3.20. The quantitative estimate of drug-likeness (QED) is 0.590.